The molecule has 168 valence electrons. The van der Waals surface area contributed by atoms with Crippen LogP contribution in [0.5, 0.6) is 17.2 Å². The molecule has 0 aliphatic heterocycles. The third-order valence-corrected chi connectivity index (χ3v) is 5.55. The minimum Gasteiger partial charge on any atom is -0.496 e. The monoisotopic (exact) mass is 434 g/mol. The van der Waals surface area contributed by atoms with Gasteiger partial charge in [-0.05, 0) is 72.2 Å². The molecule has 0 aromatic heterocycles. The fourth-order valence-electron chi connectivity index (χ4n) is 3.66. The summed E-state index contributed by atoms with van der Waals surface area (Å²) in [5, 5.41) is 0. The van der Waals surface area contributed by atoms with E-state index in [9.17, 15) is 4.79 Å². The van der Waals surface area contributed by atoms with E-state index in [-0.39, 0.29) is 0 Å². The predicted molar refractivity (Wildman–Crippen MR) is 125 cm³/mol. The number of esters is 1. The highest BCUT2D eigenvalue weighted by Gasteiger charge is 2.13. The number of carbonyl (C=O) groups is 1. The van der Waals surface area contributed by atoms with Crippen LogP contribution >= 0.6 is 0 Å². The zero-order valence-electron chi connectivity index (χ0n) is 19.1. The molecule has 0 heterocycles. The predicted octanol–water partition coefficient (Wildman–Crippen LogP) is 5.07. The molecule has 0 bridgehead atoms. The van der Waals surface area contributed by atoms with Crippen molar-refractivity contribution in [3.05, 3.63) is 88.5 Å². The molecule has 5 heteroatoms. The largest absolute Gasteiger partial charge is 0.496 e. The zero-order valence-corrected chi connectivity index (χ0v) is 19.1. The average Bonchev–Trinajstić information content (AvgIpc) is 2.85. The van der Waals surface area contributed by atoms with Crippen molar-refractivity contribution in [3.63, 3.8) is 0 Å². The van der Waals surface area contributed by atoms with Crippen molar-refractivity contribution >= 4 is 5.97 Å². The Morgan fingerprint density at radius 1 is 0.562 bits per heavy atom. The molecule has 0 fully saturated rings. The molecule has 0 aliphatic carbocycles. The van der Waals surface area contributed by atoms with E-state index in [4.69, 9.17) is 18.9 Å². The number of methoxy groups -OCH3 is 4. The second-order valence-electron chi connectivity index (χ2n) is 7.53. The Morgan fingerprint density at radius 3 is 1.50 bits per heavy atom. The molecule has 0 aliphatic rings. The number of hydrogen-bond acceptors (Lipinski definition) is 5. The quantitative estimate of drug-likeness (QED) is 0.417. The Bertz CT molecular complexity index is 1040. The Balaban J connectivity index is 1.56. The smallest absolute Gasteiger partial charge is 0.341 e. The first kappa shape index (κ1) is 23.2. The van der Waals surface area contributed by atoms with E-state index in [2.05, 4.69) is 30.3 Å². The third-order valence-electron chi connectivity index (χ3n) is 5.55. The summed E-state index contributed by atoms with van der Waals surface area (Å²) in [5.74, 6) is 1.66. The topological polar surface area (TPSA) is 54.0 Å². The van der Waals surface area contributed by atoms with Crippen LogP contribution in [-0.2, 0) is 30.4 Å². The van der Waals surface area contributed by atoms with Crippen LogP contribution in [0.4, 0.5) is 0 Å². The summed E-state index contributed by atoms with van der Waals surface area (Å²) >= 11 is 0. The molecule has 0 radical (unpaired) electrons. The number of rotatable bonds is 10. The van der Waals surface area contributed by atoms with E-state index in [1.165, 1.54) is 23.8 Å². The van der Waals surface area contributed by atoms with Gasteiger partial charge in [-0.1, -0.05) is 36.4 Å². The van der Waals surface area contributed by atoms with E-state index >= 15 is 0 Å². The van der Waals surface area contributed by atoms with Gasteiger partial charge in [0, 0.05) is 0 Å². The number of carbonyl (C=O) groups excluding carboxylic acids is 1. The Hall–Kier alpha value is -3.47. The number of ether oxygens (including phenoxy) is 4. The van der Waals surface area contributed by atoms with Gasteiger partial charge < -0.3 is 18.9 Å². The summed E-state index contributed by atoms with van der Waals surface area (Å²) in [6.45, 7) is 0. The maximum Gasteiger partial charge on any atom is 0.341 e. The molecular weight excluding hydrogens is 404 g/mol. The number of aryl methyl sites for hydroxylation is 4. The Kier molecular flexibility index (Phi) is 8.14. The van der Waals surface area contributed by atoms with Crippen molar-refractivity contribution in [2.75, 3.05) is 28.4 Å². The summed E-state index contributed by atoms with van der Waals surface area (Å²) in [4.78, 5) is 11.8. The van der Waals surface area contributed by atoms with Gasteiger partial charge in [0.1, 0.15) is 11.3 Å². The second kappa shape index (κ2) is 11.2. The Labute approximate surface area is 189 Å². The molecule has 0 atom stereocenters. The van der Waals surface area contributed by atoms with Gasteiger partial charge in [0.05, 0.1) is 28.4 Å². The van der Waals surface area contributed by atoms with Crippen LogP contribution in [0.2, 0.25) is 0 Å². The van der Waals surface area contributed by atoms with Gasteiger partial charge >= 0.3 is 5.97 Å². The zero-order chi connectivity index (χ0) is 22.9. The van der Waals surface area contributed by atoms with Crippen LogP contribution in [0.3, 0.4) is 0 Å². The SMILES string of the molecule is COC(=O)c1ccc(CCc2ccc(CCc3ccc(OC)c(OC)c3)cc2)cc1OC. The van der Waals surface area contributed by atoms with Crippen molar-refractivity contribution in [2.24, 2.45) is 0 Å². The summed E-state index contributed by atoms with van der Waals surface area (Å²) in [7, 11) is 6.23. The lowest BCUT2D eigenvalue weighted by molar-refractivity contribution is 0.0597. The molecule has 0 spiro atoms. The first-order chi connectivity index (χ1) is 15.6. The molecule has 3 rings (SSSR count). The van der Waals surface area contributed by atoms with Gasteiger partial charge in [0.15, 0.2) is 11.5 Å². The van der Waals surface area contributed by atoms with Gasteiger partial charge in [0.25, 0.3) is 0 Å². The van der Waals surface area contributed by atoms with Gasteiger partial charge in [-0.2, -0.15) is 0 Å². The minimum atomic E-state index is -0.392. The lowest BCUT2D eigenvalue weighted by Gasteiger charge is -2.10. The highest BCUT2D eigenvalue weighted by atomic mass is 16.5. The molecule has 0 saturated heterocycles. The highest BCUT2D eigenvalue weighted by Crippen LogP contribution is 2.28. The maximum absolute atomic E-state index is 11.8. The molecule has 0 N–H and O–H groups in total. The molecule has 5 nitrogen and oxygen atoms in total. The van der Waals surface area contributed by atoms with E-state index in [0.29, 0.717) is 11.3 Å². The minimum absolute atomic E-state index is 0.392. The number of benzene rings is 3. The second-order valence-corrected chi connectivity index (χ2v) is 7.53. The fourth-order valence-corrected chi connectivity index (χ4v) is 3.66. The molecule has 0 amide bonds. The van der Waals surface area contributed by atoms with Crippen LogP contribution in [0.1, 0.15) is 32.6 Å². The van der Waals surface area contributed by atoms with Crippen molar-refractivity contribution < 1.29 is 23.7 Å². The molecule has 0 unspecified atom stereocenters. The number of hydrogen-bond donors (Lipinski definition) is 0. The van der Waals surface area contributed by atoms with E-state index < -0.39 is 5.97 Å². The summed E-state index contributed by atoms with van der Waals surface area (Å²) in [5.41, 5.74) is 5.35. The lowest BCUT2D eigenvalue weighted by atomic mass is 9.99. The van der Waals surface area contributed by atoms with Gasteiger partial charge in [0.2, 0.25) is 0 Å². The fraction of sp³-hybridized carbons (Fsp3) is 0.296. The van der Waals surface area contributed by atoms with Crippen LogP contribution in [0.25, 0.3) is 0 Å². The molecule has 0 saturated carbocycles. The van der Waals surface area contributed by atoms with E-state index in [1.54, 1.807) is 27.4 Å². The normalized spacial score (nSPS) is 10.5. The van der Waals surface area contributed by atoms with Crippen molar-refractivity contribution in [2.45, 2.75) is 25.7 Å². The molecule has 3 aromatic carbocycles. The van der Waals surface area contributed by atoms with E-state index in [1.807, 2.05) is 24.3 Å². The van der Waals surface area contributed by atoms with Gasteiger partial charge in [-0.15, -0.1) is 0 Å². The van der Waals surface area contributed by atoms with Crippen LogP contribution in [0, 0.1) is 0 Å². The first-order valence-corrected chi connectivity index (χ1v) is 10.6. The highest BCUT2D eigenvalue weighted by molar-refractivity contribution is 5.92. The standard InChI is InChI=1S/C27H30O5/c1-29-24-16-14-22(18-26(24)31-3)12-10-20-7-5-19(6-8-20)9-11-21-13-15-23(27(28)32-4)25(17-21)30-2/h5-8,13-18H,9-12H2,1-4H3. The van der Waals surface area contributed by atoms with Crippen LogP contribution < -0.4 is 14.2 Å². The molecule has 32 heavy (non-hydrogen) atoms. The summed E-state index contributed by atoms with van der Waals surface area (Å²) < 4.78 is 20.8. The molecule has 3 aromatic rings. The average molecular weight is 435 g/mol. The van der Waals surface area contributed by atoms with Gasteiger partial charge in [-0.3, -0.25) is 0 Å². The molecular formula is C27H30O5. The van der Waals surface area contributed by atoms with Crippen LogP contribution in [-0.4, -0.2) is 34.4 Å². The van der Waals surface area contributed by atoms with Crippen molar-refractivity contribution in [1.82, 2.24) is 0 Å². The van der Waals surface area contributed by atoms with Crippen molar-refractivity contribution in [1.29, 1.82) is 0 Å². The lowest BCUT2D eigenvalue weighted by Crippen LogP contribution is -2.05. The summed E-state index contributed by atoms with van der Waals surface area (Å²) in [6, 6.07) is 20.4. The third kappa shape index (κ3) is 5.82. The van der Waals surface area contributed by atoms with Gasteiger partial charge in [-0.25, -0.2) is 4.79 Å². The van der Waals surface area contributed by atoms with Crippen LogP contribution in [0.15, 0.2) is 60.7 Å². The van der Waals surface area contributed by atoms with E-state index in [0.717, 1.165) is 42.7 Å². The Morgan fingerprint density at radius 2 is 1.00 bits per heavy atom. The first-order valence-electron chi connectivity index (χ1n) is 10.6. The van der Waals surface area contributed by atoms with Crippen molar-refractivity contribution in [3.8, 4) is 17.2 Å². The maximum atomic E-state index is 11.8. The summed E-state index contributed by atoms with van der Waals surface area (Å²) in [6.07, 6.45) is 3.67.